The topological polar surface area (TPSA) is 24.5 Å². The second kappa shape index (κ2) is 7.21. The molecular weight excluding hydrogens is 176 g/mol. The van der Waals surface area contributed by atoms with Crippen LogP contribution in [0.15, 0.2) is 0 Å². The van der Waals surface area contributed by atoms with Crippen LogP contribution in [0.3, 0.4) is 0 Å². The quantitative estimate of drug-likeness (QED) is 0.623. The van der Waals surface area contributed by atoms with Gasteiger partial charge in [-0.1, -0.05) is 0 Å². The highest BCUT2D eigenvalue weighted by molar-refractivity contribution is 4.74. The SMILES string of the molecule is COCCNCCCN1CCCC1C. The molecule has 1 rings (SSSR count). The fourth-order valence-electron chi connectivity index (χ4n) is 2.03. The minimum atomic E-state index is 0.814. The molecule has 1 atom stereocenters. The minimum absolute atomic E-state index is 0.814. The molecule has 1 unspecified atom stereocenters. The zero-order valence-electron chi connectivity index (χ0n) is 9.59. The molecule has 0 aliphatic carbocycles. The van der Waals surface area contributed by atoms with Gasteiger partial charge in [0.25, 0.3) is 0 Å². The summed E-state index contributed by atoms with van der Waals surface area (Å²) >= 11 is 0. The third-order valence-electron chi connectivity index (χ3n) is 2.97. The first-order valence-electron chi connectivity index (χ1n) is 5.78. The highest BCUT2D eigenvalue weighted by Gasteiger charge is 2.18. The largest absolute Gasteiger partial charge is 0.383 e. The predicted molar refractivity (Wildman–Crippen MR) is 59.6 cm³/mol. The van der Waals surface area contributed by atoms with Gasteiger partial charge in [-0.25, -0.2) is 0 Å². The molecule has 0 aromatic rings. The molecule has 84 valence electrons. The molecule has 0 saturated carbocycles. The Labute approximate surface area is 87.8 Å². The average molecular weight is 200 g/mol. The predicted octanol–water partition coefficient (Wildman–Crippen LogP) is 1.10. The van der Waals surface area contributed by atoms with Gasteiger partial charge < -0.3 is 15.0 Å². The van der Waals surface area contributed by atoms with Crippen LogP contribution in [0.4, 0.5) is 0 Å². The van der Waals surface area contributed by atoms with Gasteiger partial charge in [0.2, 0.25) is 0 Å². The maximum Gasteiger partial charge on any atom is 0.0587 e. The Morgan fingerprint density at radius 1 is 1.43 bits per heavy atom. The highest BCUT2D eigenvalue weighted by atomic mass is 16.5. The van der Waals surface area contributed by atoms with Crippen LogP contribution in [0.2, 0.25) is 0 Å². The van der Waals surface area contributed by atoms with E-state index in [1.165, 1.54) is 32.4 Å². The molecule has 1 aliphatic heterocycles. The van der Waals surface area contributed by atoms with E-state index in [0.717, 1.165) is 25.7 Å². The summed E-state index contributed by atoms with van der Waals surface area (Å²) in [5.41, 5.74) is 0. The Hall–Kier alpha value is -0.120. The van der Waals surface area contributed by atoms with Crippen molar-refractivity contribution >= 4 is 0 Å². The van der Waals surface area contributed by atoms with E-state index in [4.69, 9.17) is 4.74 Å². The van der Waals surface area contributed by atoms with E-state index < -0.39 is 0 Å². The number of ether oxygens (including phenoxy) is 1. The summed E-state index contributed by atoms with van der Waals surface area (Å²) in [6.07, 6.45) is 4.03. The summed E-state index contributed by atoms with van der Waals surface area (Å²) in [5.74, 6) is 0. The van der Waals surface area contributed by atoms with Crippen molar-refractivity contribution in [2.75, 3.05) is 39.9 Å². The second-order valence-electron chi connectivity index (χ2n) is 4.12. The Morgan fingerprint density at radius 2 is 2.29 bits per heavy atom. The molecule has 0 aromatic carbocycles. The van der Waals surface area contributed by atoms with Crippen LogP contribution in [0.25, 0.3) is 0 Å². The van der Waals surface area contributed by atoms with Gasteiger partial charge in [0.15, 0.2) is 0 Å². The maximum atomic E-state index is 4.97. The van der Waals surface area contributed by atoms with Crippen molar-refractivity contribution in [1.29, 1.82) is 0 Å². The molecule has 1 heterocycles. The van der Waals surface area contributed by atoms with Crippen LogP contribution in [-0.2, 0) is 4.74 Å². The van der Waals surface area contributed by atoms with Crippen molar-refractivity contribution in [3.8, 4) is 0 Å². The number of rotatable bonds is 7. The Balaban J connectivity index is 1.88. The van der Waals surface area contributed by atoms with Gasteiger partial charge in [-0.2, -0.15) is 0 Å². The molecule has 1 aliphatic rings. The van der Waals surface area contributed by atoms with Crippen LogP contribution in [-0.4, -0.2) is 50.8 Å². The zero-order chi connectivity index (χ0) is 10.2. The Morgan fingerprint density at radius 3 is 2.93 bits per heavy atom. The van der Waals surface area contributed by atoms with Gasteiger partial charge in [-0.05, 0) is 45.8 Å². The number of likely N-dealkylation sites (tertiary alicyclic amines) is 1. The normalized spacial score (nSPS) is 23.1. The number of nitrogens with one attached hydrogen (secondary N) is 1. The lowest BCUT2D eigenvalue weighted by Gasteiger charge is -2.20. The zero-order valence-corrected chi connectivity index (χ0v) is 9.59. The van der Waals surface area contributed by atoms with Crippen molar-refractivity contribution in [2.45, 2.75) is 32.2 Å². The van der Waals surface area contributed by atoms with E-state index in [1.54, 1.807) is 7.11 Å². The summed E-state index contributed by atoms with van der Waals surface area (Å²) in [6.45, 7) is 7.81. The molecule has 0 amide bonds. The average Bonchev–Trinajstić information content (AvgIpc) is 2.58. The fourth-order valence-corrected chi connectivity index (χ4v) is 2.03. The van der Waals surface area contributed by atoms with E-state index in [-0.39, 0.29) is 0 Å². The van der Waals surface area contributed by atoms with Gasteiger partial charge in [-0.15, -0.1) is 0 Å². The molecule has 0 bridgehead atoms. The van der Waals surface area contributed by atoms with E-state index in [2.05, 4.69) is 17.1 Å². The van der Waals surface area contributed by atoms with E-state index in [0.29, 0.717) is 0 Å². The first kappa shape index (κ1) is 12.0. The smallest absolute Gasteiger partial charge is 0.0587 e. The molecule has 14 heavy (non-hydrogen) atoms. The molecule has 0 spiro atoms. The summed E-state index contributed by atoms with van der Waals surface area (Å²) in [4.78, 5) is 2.60. The highest BCUT2D eigenvalue weighted by Crippen LogP contribution is 2.15. The van der Waals surface area contributed by atoms with Crippen LogP contribution in [0.1, 0.15) is 26.2 Å². The number of methoxy groups -OCH3 is 1. The van der Waals surface area contributed by atoms with E-state index >= 15 is 0 Å². The molecule has 1 fully saturated rings. The first-order valence-corrected chi connectivity index (χ1v) is 5.78. The summed E-state index contributed by atoms with van der Waals surface area (Å²) in [5, 5.41) is 3.37. The maximum absolute atomic E-state index is 4.97. The van der Waals surface area contributed by atoms with Gasteiger partial charge in [0.05, 0.1) is 6.61 Å². The monoisotopic (exact) mass is 200 g/mol. The first-order chi connectivity index (χ1) is 6.84. The number of nitrogens with zero attached hydrogens (tertiary/aromatic N) is 1. The third-order valence-corrected chi connectivity index (χ3v) is 2.97. The van der Waals surface area contributed by atoms with E-state index in [1.807, 2.05) is 0 Å². The van der Waals surface area contributed by atoms with Crippen LogP contribution >= 0.6 is 0 Å². The fraction of sp³-hybridized carbons (Fsp3) is 1.00. The van der Waals surface area contributed by atoms with Crippen molar-refractivity contribution in [2.24, 2.45) is 0 Å². The van der Waals surface area contributed by atoms with Gasteiger partial charge in [-0.3, -0.25) is 0 Å². The molecule has 3 heteroatoms. The second-order valence-corrected chi connectivity index (χ2v) is 4.12. The van der Waals surface area contributed by atoms with Crippen molar-refractivity contribution in [1.82, 2.24) is 10.2 Å². The third kappa shape index (κ3) is 4.40. The molecule has 1 saturated heterocycles. The summed E-state index contributed by atoms with van der Waals surface area (Å²) in [6, 6.07) is 0.814. The van der Waals surface area contributed by atoms with Crippen molar-refractivity contribution < 1.29 is 4.74 Å². The molecule has 3 nitrogen and oxygen atoms in total. The minimum Gasteiger partial charge on any atom is -0.383 e. The lowest BCUT2D eigenvalue weighted by atomic mass is 10.2. The summed E-state index contributed by atoms with van der Waals surface area (Å²) < 4.78 is 4.97. The summed E-state index contributed by atoms with van der Waals surface area (Å²) in [7, 11) is 1.74. The van der Waals surface area contributed by atoms with Crippen LogP contribution < -0.4 is 5.32 Å². The van der Waals surface area contributed by atoms with E-state index in [9.17, 15) is 0 Å². The molecule has 0 aromatic heterocycles. The standard InChI is InChI=1S/C11H24N2O/c1-11-5-3-8-13(11)9-4-6-12-7-10-14-2/h11-12H,3-10H2,1-2H3. The lowest BCUT2D eigenvalue weighted by molar-refractivity contribution is 0.198. The van der Waals surface area contributed by atoms with Crippen molar-refractivity contribution in [3.05, 3.63) is 0 Å². The van der Waals surface area contributed by atoms with Gasteiger partial charge in [0.1, 0.15) is 0 Å². The molecule has 0 radical (unpaired) electrons. The Bertz CT molecular complexity index is 141. The lowest BCUT2D eigenvalue weighted by Crippen LogP contribution is -2.30. The van der Waals surface area contributed by atoms with Crippen LogP contribution in [0.5, 0.6) is 0 Å². The number of hydrogen-bond donors (Lipinski definition) is 1. The molecular formula is C11H24N2O. The van der Waals surface area contributed by atoms with Gasteiger partial charge >= 0.3 is 0 Å². The molecule has 1 N–H and O–H groups in total. The Kier molecular flexibility index (Phi) is 6.15. The van der Waals surface area contributed by atoms with Crippen LogP contribution in [0, 0.1) is 0 Å². The number of hydrogen-bond acceptors (Lipinski definition) is 3. The van der Waals surface area contributed by atoms with Gasteiger partial charge in [0, 0.05) is 19.7 Å². The van der Waals surface area contributed by atoms with Crippen molar-refractivity contribution in [3.63, 3.8) is 0 Å².